The molecule has 19 heavy (non-hydrogen) atoms. The number of thiazole rings is 2. The Labute approximate surface area is 123 Å². The molecule has 2 aromatic rings. The fraction of sp³-hybridized carbons (Fsp3) is 0.417. The molecule has 0 spiro atoms. The van der Waals surface area contributed by atoms with Crippen molar-refractivity contribution in [2.75, 3.05) is 24.8 Å². The molecule has 0 aliphatic heterocycles. The summed E-state index contributed by atoms with van der Waals surface area (Å²) in [6.07, 6.45) is 5.44. The van der Waals surface area contributed by atoms with Gasteiger partial charge in [0, 0.05) is 23.7 Å². The van der Waals surface area contributed by atoms with Gasteiger partial charge in [-0.25, -0.2) is 9.97 Å². The zero-order valence-electron chi connectivity index (χ0n) is 10.9. The zero-order chi connectivity index (χ0) is 13.7. The Kier molecular flexibility index (Phi) is 5.35. The second-order valence-electron chi connectivity index (χ2n) is 4.21. The molecule has 0 aliphatic carbocycles. The molecule has 0 aromatic carbocycles. The topological polar surface area (TPSA) is 54.9 Å². The molecule has 1 N–H and O–H groups in total. The smallest absolute Gasteiger partial charge is 0.270 e. The van der Waals surface area contributed by atoms with E-state index in [9.17, 15) is 4.79 Å². The van der Waals surface area contributed by atoms with Crippen molar-refractivity contribution in [3.8, 4) is 10.7 Å². The molecular weight excluding hydrogens is 298 g/mol. The summed E-state index contributed by atoms with van der Waals surface area (Å²) < 4.78 is 0. The summed E-state index contributed by atoms with van der Waals surface area (Å²) >= 11 is 2.98. The lowest BCUT2D eigenvalue weighted by atomic mass is 10.4. The average Bonchev–Trinajstić information content (AvgIpc) is 3.03. The minimum Gasteiger partial charge on any atom is -0.350 e. The lowest BCUT2D eigenvalue weighted by molar-refractivity contribution is 0.0949. The van der Waals surface area contributed by atoms with E-state index in [4.69, 9.17) is 0 Å². The summed E-state index contributed by atoms with van der Waals surface area (Å²) in [6, 6.07) is 0. The molecule has 4 nitrogen and oxygen atoms in total. The van der Waals surface area contributed by atoms with Gasteiger partial charge in [0.15, 0.2) is 0 Å². The average molecular weight is 314 g/mol. The molecule has 2 aromatic heterocycles. The van der Waals surface area contributed by atoms with Crippen LogP contribution in [0.3, 0.4) is 0 Å². The summed E-state index contributed by atoms with van der Waals surface area (Å²) in [7, 11) is 0.437. The number of amides is 1. The van der Waals surface area contributed by atoms with Gasteiger partial charge in [-0.15, -0.1) is 22.7 Å². The summed E-state index contributed by atoms with van der Waals surface area (Å²) in [5.74, 6) is 1.06. The molecular formula is C12H16N3OS3+. The predicted octanol–water partition coefficient (Wildman–Crippen LogP) is 2.26. The van der Waals surface area contributed by atoms with E-state index >= 15 is 0 Å². The first-order valence-electron chi connectivity index (χ1n) is 5.83. The summed E-state index contributed by atoms with van der Waals surface area (Å²) in [5.41, 5.74) is 3.10. The third-order valence-corrected chi connectivity index (χ3v) is 4.96. The third-order valence-electron chi connectivity index (χ3n) is 2.40. The van der Waals surface area contributed by atoms with Crippen LogP contribution in [0, 0.1) is 0 Å². The third kappa shape index (κ3) is 4.29. The van der Waals surface area contributed by atoms with Crippen LogP contribution in [-0.4, -0.2) is 40.7 Å². The Morgan fingerprint density at radius 1 is 1.42 bits per heavy atom. The monoisotopic (exact) mass is 314 g/mol. The van der Waals surface area contributed by atoms with E-state index in [1.807, 2.05) is 5.38 Å². The van der Waals surface area contributed by atoms with E-state index in [1.54, 1.807) is 10.9 Å². The van der Waals surface area contributed by atoms with Crippen molar-refractivity contribution in [3.63, 3.8) is 0 Å². The first-order valence-corrected chi connectivity index (χ1v) is 9.86. The van der Waals surface area contributed by atoms with Crippen LogP contribution >= 0.6 is 22.7 Å². The molecule has 2 heterocycles. The minimum absolute atomic E-state index is 0.0928. The van der Waals surface area contributed by atoms with Gasteiger partial charge in [-0.2, -0.15) is 0 Å². The summed E-state index contributed by atoms with van der Waals surface area (Å²) in [6.45, 7) is 0.716. The second kappa shape index (κ2) is 7.02. The van der Waals surface area contributed by atoms with Gasteiger partial charge in [0.1, 0.15) is 22.1 Å². The highest BCUT2D eigenvalue weighted by Crippen LogP contribution is 2.23. The second-order valence-corrected chi connectivity index (χ2v) is 8.17. The largest absolute Gasteiger partial charge is 0.350 e. The van der Waals surface area contributed by atoms with Crippen LogP contribution in [-0.2, 0) is 10.9 Å². The van der Waals surface area contributed by atoms with Gasteiger partial charge in [0.25, 0.3) is 5.91 Å². The Hall–Kier alpha value is -0.920. The van der Waals surface area contributed by atoms with Crippen molar-refractivity contribution in [1.29, 1.82) is 0 Å². The number of carbonyl (C=O) groups is 1. The van der Waals surface area contributed by atoms with Crippen molar-refractivity contribution in [1.82, 2.24) is 15.3 Å². The van der Waals surface area contributed by atoms with E-state index in [0.29, 0.717) is 23.1 Å². The molecule has 0 saturated heterocycles. The molecule has 0 fully saturated rings. The number of nitrogens with zero attached hydrogens (tertiary/aromatic N) is 2. The number of nitrogens with one attached hydrogen (secondary N) is 1. The first kappa shape index (κ1) is 14.5. The maximum atomic E-state index is 11.9. The summed E-state index contributed by atoms with van der Waals surface area (Å²) in [5, 5.41) is 7.43. The van der Waals surface area contributed by atoms with Gasteiger partial charge in [-0.1, -0.05) is 0 Å². The van der Waals surface area contributed by atoms with Crippen molar-refractivity contribution >= 4 is 39.5 Å². The number of aromatic nitrogens is 2. The molecule has 0 radical (unpaired) electrons. The van der Waals surface area contributed by atoms with Gasteiger partial charge in [-0.05, 0) is 10.9 Å². The number of hydrogen-bond donors (Lipinski definition) is 1. The van der Waals surface area contributed by atoms with Crippen LogP contribution in [0.1, 0.15) is 16.9 Å². The van der Waals surface area contributed by atoms with Crippen LogP contribution in [0.4, 0.5) is 0 Å². The van der Waals surface area contributed by atoms with Crippen LogP contribution < -0.4 is 5.32 Å². The lowest BCUT2D eigenvalue weighted by Crippen LogP contribution is -2.26. The molecule has 2 rings (SSSR count). The molecule has 0 unspecified atom stereocenters. The van der Waals surface area contributed by atoms with Crippen LogP contribution in [0.5, 0.6) is 0 Å². The Morgan fingerprint density at radius 3 is 2.95 bits per heavy atom. The Balaban J connectivity index is 1.86. The minimum atomic E-state index is -0.0928. The lowest BCUT2D eigenvalue weighted by Gasteiger charge is -2.01. The van der Waals surface area contributed by atoms with Gasteiger partial charge >= 0.3 is 0 Å². The maximum absolute atomic E-state index is 11.9. The SMILES string of the molecule is C[S+](C)CCCNC(=O)c1csc(-c2cscn2)n1. The molecule has 0 saturated carbocycles. The van der Waals surface area contributed by atoms with E-state index in [1.165, 1.54) is 22.7 Å². The van der Waals surface area contributed by atoms with Gasteiger partial charge in [0.2, 0.25) is 0 Å². The van der Waals surface area contributed by atoms with Crippen molar-refractivity contribution in [2.24, 2.45) is 0 Å². The standard InChI is InChI=1S/C12H15N3OS3/c1-19(2)5-3-4-13-11(16)9-7-18-12(15-9)10-6-17-8-14-10/h6-8H,3-5H2,1-2H3/p+1. The first-order chi connectivity index (χ1) is 9.16. The fourth-order valence-electron chi connectivity index (χ4n) is 1.47. The van der Waals surface area contributed by atoms with Gasteiger partial charge in [0.05, 0.1) is 18.0 Å². The quantitative estimate of drug-likeness (QED) is 0.657. The van der Waals surface area contributed by atoms with Crippen molar-refractivity contribution in [3.05, 3.63) is 22.0 Å². The van der Waals surface area contributed by atoms with Crippen LogP contribution in [0.25, 0.3) is 10.7 Å². The molecule has 0 bridgehead atoms. The normalized spacial score (nSPS) is 10.9. The highest BCUT2D eigenvalue weighted by molar-refractivity contribution is 7.95. The fourth-order valence-corrected chi connectivity index (χ4v) is 3.57. The number of rotatable bonds is 6. The van der Waals surface area contributed by atoms with Crippen molar-refractivity contribution in [2.45, 2.75) is 6.42 Å². The molecule has 0 aliphatic rings. The molecule has 1 amide bonds. The van der Waals surface area contributed by atoms with Crippen LogP contribution in [0.2, 0.25) is 0 Å². The number of carbonyl (C=O) groups excluding carboxylic acids is 1. The van der Waals surface area contributed by atoms with Crippen molar-refractivity contribution < 1.29 is 4.79 Å². The Morgan fingerprint density at radius 2 is 2.26 bits per heavy atom. The molecule has 102 valence electrons. The van der Waals surface area contributed by atoms with E-state index in [2.05, 4.69) is 27.8 Å². The van der Waals surface area contributed by atoms with Gasteiger partial charge in [-0.3, -0.25) is 4.79 Å². The summed E-state index contributed by atoms with van der Waals surface area (Å²) in [4.78, 5) is 20.4. The van der Waals surface area contributed by atoms with E-state index in [0.717, 1.165) is 22.9 Å². The predicted molar refractivity (Wildman–Crippen MR) is 84.3 cm³/mol. The highest BCUT2D eigenvalue weighted by Gasteiger charge is 2.12. The maximum Gasteiger partial charge on any atom is 0.270 e. The Bertz CT molecular complexity index is 522. The number of hydrogen-bond acceptors (Lipinski definition) is 5. The molecule has 0 atom stereocenters. The highest BCUT2D eigenvalue weighted by atomic mass is 32.2. The zero-order valence-corrected chi connectivity index (χ0v) is 13.3. The van der Waals surface area contributed by atoms with Crippen LogP contribution in [0.15, 0.2) is 16.3 Å². The van der Waals surface area contributed by atoms with E-state index < -0.39 is 0 Å². The van der Waals surface area contributed by atoms with Gasteiger partial charge < -0.3 is 5.32 Å². The molecule has 7 heteroatoms. The van der Waals surface area contributed by atoms with E-state index in [-0.39, 0.29) is 5.91 Å².